The molecule has 0 aliphatic carbocycles. The molecule has 1 aromatic heterocycles. The van der Waals surface area contributed by atoms with Gasteiger partial charge in [0, 0.05) is 17.9 Å². The quantitative estimate of drug-likeness (QED) is 0.268. The van der Waals surface area contributed by atoms with Crippen LogP contribution in [0.4, 0.5) is 0 Å². The largest absolute Gasteiger partial charge is 1.00 e. The molecule has 0 N–H and O–H groups in total. The lowest BCUT2D eigenvalue weighted by molar-refractivity contribution is -0.870. The average molecular weight is 418 g/mol. The van der Waals surface area contributed by atoms with Crippen LogP contribution in [-0.4, -0.2) is 32.2 Å². The van der Waals surface area contributed by atoms with Crippen LogP contribution in [0, 0.1) is 0 Å². The van der Waals surface area contributed by atoms with E-state index in [4.69, 9.17) is 0 Å². The van der Waals surface area contributed by atoms with Crippen LogP contribution >= 0.6 is 0 Å². The summed E-state index contributed by atoms with van der Waals surface area (Å²) in [5, 5.41) is 2.65. The topological polar surface area (TPSA) is 3.88 Å². The van der Waals surface area contributed by atoms with Crippen molar-refractivity contribution in [1.29, 1.82) is 0 Å². The number of hydrogen-bond acceptors (Lipinski definition) is 0. The third-order valence-electron chi connectivity index (χ3n) is 3.49. The van der Waals surface area contributed by atoms with E-state index in [1.807, 2.05) is 0 Å². The summed E-state index contributed by atoms with van der Waals surface area (Å²) in [7, 11) is 6.79. The summed E-state index contributed by atoms with van der Waals surface area (Å²) in [4.78, 5) is 0. The highest BCUT2D eigenvalue weighted by Crippen LogP contribution is 2.09. The van der Waals surface area contributed by atoms with E-state index in [0.29, 0.717) is 0 Å². The minimum atomic E-state index is 0. The van der Waals surface area contributed by atoms with Crippen LogP contribution in [0.5, 0.6) is 0 Å². The molecule has 2 nitrogen and oxygen atoms in total. The first-order chi connectivity index (χ1) is 9.04. The van der Waals surface area contributed by atoms with Crippen molar-refractivity contribution < 1.29 is 43.0 Å². The van der Waals surface area contributed by atoms with E-state index in [1.165, 1.54) is 36.6 Å². The second-order valence-corrected chi connectivity index (χ2v) is 6.39. The zero-order valence-corrected chi connectivity index (χ0v) is 16.4. The molecule has 4 heteroatoms. The van der Waals surface area contributed by atoms with Crippen molar-refractivity contribution in [3.63, 3.8) is 0 Å². The molecule has 0 aliphatic heterocycles. The molecule has 1 aromatic carbocycles. The van der Waals surface area contributed by atoms with Crippen LogP contribution in [0.1, 0.15) is 19.3 Å². The highest BCUT2D eigenvalue weighted by Gasteiger charge is 2.07. The van der Waals surface area contributed by atoms with Gasteiger partial charge in [0.15, 0.2) is 12.4 Å². The van der Waals surface area contributed by atoms with Gasteiger partial charge < -0.3 is 38.4 Å². The Morgan fingerprint density at radius 3 is 2.19 bits per heavy atom. The highest BCUT2D eigenvalue weighted by atomic mass is 79.9. The third-order valence-corrected chi connectivity index (χ3v) is 3.49. The molecule has 0 spiro atoms. The summed E-state index contributed by atoms with van der Waals surface area (Å²) in [5.41, 5.74) is 0. The van der Waals surface area contributed by atoms with Gasteiger partial charge in [0.2, 0.25) is 0 Å². The summed E-state index contributed by atoms with van der Waals surface area (Å²) in [6.45, 7) is 2.39. The lowest BCUT2D eigenvalue weighted by Gasteiger charge is -2.23. The average Bonchev–Trinajstić information content (AvgIpc) is 2.37. The van der Waals surface area contributed by atoms with Gasteiger partial charge in [-0.3, -0.25) is 0 Å². The van der Waals surface area contributed by atoms with Gasteiger partial charge in [-0.25, -0.2) is 4.57 Å². The molecule has 21 heavy (non-hydrogen) atoms. The number of aryl methyl sites for hydroxylation is 1. The number of nitrogens with zero attached hydrogens (tertiary/aromatic N) is 2. The Hall–Kier alpha value is -0.450. The van der Waals surface area contributed by atoms with Crippen LogP contribution in [-0.2, 0) is 6.54 Å². The normalized spacial score (nSPS) is 10.8. The van der Waals surface area contributed by atoms with Gasteiger partial charge in [-0.15, -0.1) is 0 Å². The number of halogens is 2. The SMILES string of the molecule is C[N+](C)(C)CCCCC[n+]1ccc2ccccc2c1.[Br-].[Br-]. The Bertz CT molecular complexity index is 536. The monoisotopic (exact) mass is 416 g/mol. The van der Waals surface area contributed by atoms with Gasteiger partial charge >= 0.3 is 0 Å². The van der Waals surface area contributed by atoms with Crippen LogP contribution < -0.4 is 38.5 Å². The second kappa shape index (κ2) is 9.54. The Labute approximate surface area is 149 Å². The van der Waals surface area contributed by atoms with Crippen LogP contribution in [0.15, 0.2) is 42.7 Å². The molecule has 0 unspecified atom stereocenters. The first-order valence-corrected chi connectivity index (χ1v) is 7.23. The predicted octanol–water partition coefficient (Wildman–Crippen LogP) is -2.99. The summed E-state index contributed by atoms with van der Waals surface area (Å²) in [6, 6.07) is 10.8. The number of benzene rings is 1. The maximum Gasteiger partial charge on any atom is 0.176 e. The van der Waals surface area contributed by atoms with Gasteiger partial charge in [0.05, 0.1) is 27.7 Å². The number of fused-ring (bicyclic) bond motifs is 1. The first kappa shape index (κ1) is 20.6. The Morgan fingerprint density at radius 2 is 1.52 bits per heavy atom. The Balaban J connectivity index is 0.00000200. The molecular weight excluding hydrogens is 392 g/mol. The second-order valence-electron chi connectivity index (χ2n) is 6.39. The van der Waals surface area contributed by atoms with Crippen molar-refractivity contribution in [1.82, 2.24) is 0 Å². The number of quaternary nitrogens is 1. The van der Waals surface area contributed by atoms with E-state index in [0.717, 1.165) is 11.0 Å². The maximum absolute atomic E-state index is 2.31. The van der Waals surface area contributed by atoms with E-state index in [9.17, 15) is 0 Å². The van der Waals surface area contributed by atoms with Crippen molar-refractivity contribution in [3.05, 3.63) is 42.7 Å². The van der Waals surface area contributed by atoms with Gasteiger partial charge in [0.25, 0.3) is 0 Å². The van der Waals surface area contributed by atoms with Crippen molar-refractivity contribution in [2.24, 2.45) is 0 Å². The van der Waals surface area contributed by atoms with E-state index >= 15 is 0 Å². The molecule has 0 saturated carbocycles. The number of rotatable bonds is 6. The molecule has 0 fully saturated rings. The van der Waals surface area contributed by atoms with E-state index in [1.54, 1.807) is 0 Å². The number of aromatic nitrogens is 1. The molecule has 0 atom stereocenters. The molecule has 0 radical (unpaired) electrons. The number of unbranched alkanes of at least 4 members (excludes halogenated alkanes) is 2. The van der Waals surface area contributed by atoms with Crippen molar-refractivity contribution in [2.75, 3.05) is 27.7 Å². The summed E-state index contributed by atoms with van der Waals surface area (Å²) >= 11 is 0. The van der Waals surface area contributed by atoms with Crippen molar-refractivity contribution >= 4 is 10.8 Å². The Kier molecular flexibility index (Phi) is 9.34. The van der Waals surface area contributed by atoms with Gasteiger partial charge in [-0.05, 0) is 24.3 Å². The van der Waals surface area contributed by atoms with Crippen LogP contribution in [0.2, 0.25) is 0 Å². The summed E-state index contributed by atoms with van der Waals surface area (Å²) < 4.78 is 3.39. The van der Waals surface area contributed by atoms with E-state index < -0.39 is 0 Å². The number of hydrogen-bond donors (Lipinski definition) is 0. The molecule has 0 amide bonds. The summed E-state index contributed by atoms with van der Waals surface area (Å²) in [6.07, 6.45) is 8.35. The van der Waals surface area contributed by atoms with Gasteiger partial charge in [0.1, 0.15) is 6.54 Å². The molecule has 2 rings (SSSR count). The summed E-state index contributed by atoms with van der Waals surface area (Å²) in [5.74, 6) is 0. The minimum absolute atomic E-state index is 0. The highest BCUT2D eigenvalue weighted by molar-refractivity contribution is 5.80. The maximum atomic E-state index is 2.31. The zero-order valence-electron chi connectivity index (χ0n) is 13.2. The van der Waals surface area contributed by atoms with Crippen molar-refractivity contribution in [2.45, 2.75) is 25.8 Å². The molecule has 118 valence electrons. The lowest BCUT2D eigenvalue weighted by atomic mass is 10.2. The standard InChI is InChI=1S/C17H26N2.2BrH/c1-19(2,3)14-8-4-7-12-18-13-11-16-9-5-6-10-17(16)15-18;;/h5-6,9-11,13,15H,4,7-8,12,14H2,1-3H3;2*1H/q+2;;/p-2. The van der Waals surface area contributed by atoms with Gasteiger partial charge in [-0.2, -0.15) is 0 Å². The molecule has 0 bridgehead atoms. The Morgan fingerprint density at radius 1 is 0.857 bits per heavy atom. The van der Waals surface area contributed by atoms with Crippen LogP contribution in [0.3, 0.4) is 0 Å². The fraction of sp³-hybridized carbons (Fsp3) is 0.471. The van der Waals surface area contributed by atoms with E-state index in [2.05, 4.69) is 68.4 Å². The fourth-order valence-corrected chi connectivity index (χ4v) is 2.37. The molecule has 0 saturated heterocycles. The minimum Gasteiger partial charge on any atom is -1.00 e. The molecule has 0 aliphatic rings. The molecule has 1 heterocycles. The smallest absolute Gasteiger partial charge is 0.176 e. The molecule has 2 aromatic rings. The van der Waals surface area contributed by atoms with Crippen LogP contribution in [0.25, 0.3) is 10.8 Å². The van der Waals surface area contributed by atoms with Gasteiger partial charge in [-0.1, -0.05) is 18.2 Å². The van der Waals surface area contributed by atoms with E-state index in [-0.39, 0.29) is 34.0 Å². The number of pyridine rings is 1. The van der Waals surface area contributed by atoms with Crippen molar-refractivity contribution in [3.8, 4) is 0 Å². The predicted molar refractivity (Wildman–Crippen MR) is 80.9 cm³/mol. The lowest BCUT2D eigenvalue weighted by Crippen LogP contribution is -3.00. The third kappa shape index (κ3) is 7.39. The zero-order chi connectivity index (χ0) is 13.7. The fourth-order valence-electron chi connectivity index (χ4n) is 2.37. The molecular formula is C17H26Br2N2. The first-order valence-electron chi connectivity index (χ1n) is 7.23.